The maximum absolute atomic E-state index is 11.5. The zero-order valence-electron chi connectivity index (χ0n) is 8.17. The summed E-state index contributed by atoms with van der Waals surface area (Å²) in [5.74, 6) is -0.218. The summed E-state index contributed by atoms with van der Waals surface area (Å²) in [7, 11) is 0. The van der Waals surface area contributed by atoms with Crippen LogP contribution in [0.4, 0.5) is 0 Å². The molecule has 1 aromatic rings. The highest BCUT2D eigenvalue weighted by Crippen LogP contribution is 2.20. The Hall–Kier alpha value is -0.880. The second-order valence-electron chi connectivity index (χ2n) is 2.88. The van der Waals surface area contributed by atoms with Crippen LogP contribution in [0.1, 0.15) is 17.3 Å². The van der Waals surface area contributed by atoms with Crippen LogP contribution in [-0.2, 0) is 4.79 Å². The van der Waals surface area contributed by atoms with Crippen LogP contribution in [0.3, 0.4) is 0 Å². The molecule has 0 atom stereocenters. The van der Waals surface area contributed by atoms with Gasteiger partial charge in [-0.15, -0.1) is 11.3 Å². The lowest BCUT2D eigenvalue weighted by Gasteiger charge is -2.03. The molecule has 0 bridgehead atoms. The van der Waals surface area contributed by atoms with E-state index in [1.807, 2.05) is 0 Å². The molecule has 6 heteroatoms. The van der Waals surface area contributed by atoms with Crippen LogP contribution in [0.5, 0.6) is 0 Å². The predicted octanol–water partition coefficient (Wildman–Crippen LogP) is 1.38. The Kier molecular flexibility index (Phi) is 4.77. The minimum absolute atomic E-state index is 0.0949. The molecule has 1 heterocycles. The first kappa shape index (κ1) is 12.2. The number of amides is 2. The molecule has 0 aliphatic heterocycles. The second kappa shape index (κ2) is 5.87. The summed E-state index contributed by atoms with van der Waals surface area (Å²) in [5.41, 5.74) is 0.634. The third-order valence-electron chi connectivity index (χ3n) is 1.61. The molecule has 4 nitrogen and oxygen atoms in total. The number of carbonyl (C=O) groups excluding carboxylic acids is 2. The van der Waals surface area contributed by atoms with Gasteiger partial charge in [0.15, 0.2) is 0 Å². The third-order valence-corrected chi connectivity index (χ3v) is 3.12. The Bertz CT molecular complexity index is 365. The van der Waals surface area contributed by atoms with Gasteiger partial charge >= 0.3 is 0 Å². The fraction of sp³-hybridized carbons (Fsp3) is 0.333. The third kappa shape index (κ3) is 4.44. The van der Waals surface area contributed by atoms with Crippen molar-refractivity contribution in [2.75, 3.05) is 13.1 Å². The number of rotatable bonds is 4. The average molecular weight is 291 g/mol. The van der Waals surface area contributed by atoms with Gasteiger partial charge in [-0.25, -0.2) is 0 Å². The fourth-order valence-electron chi connectivity index (χ4n) is 0.946. The Balaban J connectivity index is 2.28. The SMILES string of the molecule is CC(=O)NCCNC(=O)c1csc(Br)c1. The molecule has 0 spiro atoms. The van der Waals surface area contributed by atoms with Crippen molar-refractivity contribution >= 4 is 39.1 Å². The van der Waals surface area contributed by atoms with Crippen LogP contribution in [-0.4, -0.2) is 24.9 Å². The molecule has 82 valence electrons. The summed E-state index contributed by atoms with van der Waals surface area (Å²) in [6, 6.07) is 1.76. The minimum Gasteiger partial charge on any atom is -0.355 e. The van der Waals surface area contributed by atoms with E-state index in [4.69, 9.17) is 0 Å². The van der Waals surface area contributed by atoms with Gasteiger partial charge < -0.3 is 10.6 Å². The Morgan fingerprint density at radius 2 is 2.07 bits per heavy atom. The maximum atomic E-state index is 11.5. The van der Waals surface area contributed by atoms with Gasteiger partial charge in [0.25, 0.3) is 5.91 Å². The van der Waals surface area contributed by atoms with Crippen LogP contribution in [0.15, 0.2) is 15.2 Å². The van der Waals surface area contributed by atoms with Crippen LogP contribution in [0.2, 0.25) is 0 Å². The Morgan fingerprint density at radius 1 is 1.40 bits per heavy atom. The van der Waals surface area contributed by atoms with Gasteiger partial charge in [0.1, 0.15) is 0 Å². The van der Waals surface area contributed by atoms with Crippen molar-refractivity contribution < 1.29 is 9.59 Å². The van der Waals surface area contributed by atoms with Gasteiger partial charge in [-0.1, -0.05) is 0 Å². The van der Waals surface area contributed by atoms with Crippen molar-refractivity contribution in [3.05, 3.63) is 20.8 Å². The van der Waals surface area contributed by atoms with Crippen LogP contribution >= 0.6 is 27.3 Å². The van der Waals surface area contributed by atoms with E-state index in [0.29, 0.717) is 18.7 Å². The summed E-state index contributed by atoms with van der Waals surface area (Å²) >= 11 is 4.75. The van der Waals surface area contributed by atoms with E-state index in [0.717, 1.165) is 3.79 Å². The van der Waals surface area contributed by atoms with Crippen molar-refractivity contribution in [2.24, 2.45) is 0 Å². The zero-order valence-corrected chi connectivity index (χ0v) is 10.6. The topological polar surface area (TPSA) is 58.2 Å². The summed E-state index contributed by atoms with van der Waals surface area (Å²) in [6.45, 7) is 2.33. The molecule has 0 radical (unpaired) electrons. The smallest absolute Gasteiger partial charge is 0.252 e. The van der Waals surface area contributed by atoms with Gasteiger partial charge in [0, 0.05) is 25.4 Å². The van der Waals surface area contributed by atoms with E-state index >= 15 is 0 Å². The number of halogens is 1. The highest BCUT2D eigenvalue weighted by Gasteiger charge is 2.06. The lowest BCUT2D eigenvalue weighted by atomic mass is 10.3. The molecule has 0 saturated heterocycles. The summed E-state index contributed by atoms with van der Waals surface area (Å²) in [4.78, 5) is 22.0. The monoisotopic (exact) mass is 290 g/mol. The Morgan fingerprint density at radius 3 is 2.60 bits per heavy atom. The zero-order chi connectivity index (χ0) is 11.3. The highest BCUT2D eigenvalue weighted by molar-refractivity contribution is 9.11. The number of thiophene rings is 1. The lowest BCUT2D eigenvalue weighted by Crippen LogP contribution is -2.33. The van der Waals surface area contributed by atoms with E-state index in [-0.39, 0.29) is 11.8 Å². The van der Waals surface area contributed by atoms with E-state index in [1.165, 1.54) is 18.3 Å². The molecule has 2 N–H and O–H groups in total. The molecule has 2 amide bonds. The molecular formula is C9H11BrN2O2S. The summed E-state index contributed by atoms with van der Waals surface area (Å²) in [6.07, 6.45) is 0. The molecule has 0 fully saturated rings. The molecule has 1 aromatic heterocycles. The van der Waals surface area contributed by atoms with Crippen molar-refractivity contribution in [3.63, 3.8) is 0 Å². The van der Waals surface area contributed by atoms with Gasteiger partial charge in [0.05, 0.1) is 9.35 Å². The molecule has 0 aliphatic rings. The van der Waals surface area contributed by atoms with E-state index in [1.54, 1.807) is 11.4 Å². The van der Waals surface area contributed by atoms with Gasteiger partial charge in [-0.05, 0) is 22.0 Å². The molecule has 0 unspecified atom stereocenters. The first-order chi connectivity index (χ1) is 7.09. The van der Waals surface area contributed by atoms with Gasteiger partial charge in [-0.2, -0.15) is 0 Å². The average Bonchev–Trinajstić information content (AvgIpc) is 2.59. The quantitative estimate of drug-likeness (QED) is 0.823. The van der Waals surface area contributed by atoms with Gasteiger partial charge in [-0.3, -0.25) is 9.59 Å². The normalized spacial score (nSPS) is 9.73. The maximum Gasteiger partial charge on any atom is 0.252 e. The largest absolute Gasteiger partial charge is 0.355 e. The van der Waals surface area contributed by atoms with E-state index in [9.17, 15) is 9.59 Å². The van der Waals surface area contributed by atoms with Crippen LogP contribution in [0.25, 0.3) is 0 Å². The van der Waals surface area contributed by atoms with Crippen molar-refractivity contribution in [3.8, 4) is 0 Å². The Labute approximate surface area is 100 Å². The van der Waals surface area contributed by atoms with E-state index < -0.39 is 0 Å². The lowest BCUT2D eigenvalue weighted by molar-refractivity contribution is -0.118. The van der Waals surface area contributed by atoms with Crippen molar-refractivity contribution in [1.82, 2.24) is 10.6 Å². The second-order valence-corrected chi connectivity index (χ2v) is 5.17. The van der Waals surface area contributed by atoms with Crippen molar-refractivity contribution in [1.29, 1.82) is 0 Å². The molecular weight excluding hydrogens is 280 g/mol. The first-order valence-electron chi connectivity index (χ1n) is 4.36. The van der Waals surface area contributed by atoms with Crippen molar-refractivity contribution in [2.45, 2.75) is 6.92 Å². The molecule has 0 aliphatic carbocycles. The van der Waals surface area contributed by atoms with Crippen LogP contribution in [0, 0.1) is 0 Å². The first-order valence-corrected chi connectivity index (χ1v) is 6.03. The molecule has 15 heavy (non-hydrogen) atoms. The highest BCUT2D eigenvalue weighted by atomic mass is 79.9. The molecule has 0 saturated carbocycles. The van der Waals surface area contributed by atoms with E-state index in [2.05, 4.69) is 26.6 Å². The van der Waals surface area contributed by atoms with Gasteiger partial charge in [0.2, 0.25) is 5.91 Å². The standard InChI is InChI=1S/C9H11BrN2O2S/c1-6(13)11-2-3-12-9(14)7-4-8(10)15-5-7/h4-5H,2-3H2,1H3,(H,11,13)(H,12,14). The summed E-state index contributed by atoms with van der Waals surface area (Å²) < 4.78 is 0.925. The fourth-order valence-corrected chi connectivity index (χ4v) is 2.08. The number of hydrogen-bond acceptors (Lipinski definition) is 3. The molecule has 1 rings (SSSR count). The number of nitrogens with one attached hydrogen (secondary N) is 2. The summed E-state index contributed by atoms with van der Waals surface area (Å²) in [5, 5.41) is 7.07. The van der Waals surface area contributed by atoms with Crippen LogP contribution < -0.4 is 10.6 Å². The number of hydrogen-bond donors (Lipinski definition) is 2. The minimum atomic E-state index is -0.123. The molecule has 0 aromatic carbocycles. The number of carbonyl (C=O) groups is 2. The predicted molar refractivity (Wildman–Crippen MR) is 63.0 cm³/mol.